The van der Waals surface area contributed by atoms with Gasteiger partial charge in [-0.05, 0) is 64.0 Å². The molecule has 8 heteroatoms. The second-order valence-electron chi connectivity index (χ2n) is 24.4. The average Bonchev–Trinajstić information content (AvgIpc) is 1.61. The number of aromatic nitrogens is 6. The Morgan fingerprint density at radius 2 is 0.849 bits per heavy atom. The van der Waals surface area contributed by atoms with E-state index in [-0.39, 0.29) is 10.8 Å². The molecule has 2 aliphatic carbocycles. The van der Waals surface area contributed by atoms with Crippen LogP contribution < -0.4 is 0 Å². The molecule has 6 heterocycles. The second-order valence-corrected chi connectivity index (χ2v) is 24.4. The van der Waals surface area contributed by atoms with E-state index in [2.05, 4.69) is 261 Å². The summed E-state index contributed by atoms with van der Waals surface area (Å²) in [6.07, 6.45) is 0. The van der Waals surface area contributed by atoms with Crippen LogP contribution in [0.1, 0.15) is 49.9 Å². The molecule has 17 aromatic rings. The standard InChI is InChI=1S/C78H50N6O2/c1-77(2)59-29-14-10-26-52(59)71-64(77)55-38-36-50-49-25-13-17-32-62(49)83(69(50)73(55)85-71)76-81-67(57-35-33-43-19-8-9-24-48(43)68(57)82-76)47-23-18-22-45(41-47)46-34-40-63-58(42-46)51-37-39-56-65-72(53-27-11-15-30-60(53)78(65,3)4)86-74(56)70(51)84(63)75-79-61-31-16-12-28-54(61)66(80-75)44-20-6-5-7-21-44/h5-42H,1-4H3. The fraction of sp³-hybridized carbons (Fsp3) is 0.0769. The first-order valence-electron chi connectivity index (χ1n) is 29.5. The fourth-order valence-electron chi connectivity index (χ4n) is 15.2. The van der Waals surface area contributed by atoms with E-state index in [1.165, 1.54) is 22.3 Å². The van der Waals surface area contributed by atoms with Crippen molar-refractivity contribution in [3.05, 3.63) is 253 Å². The molecule has 0 N–H and O–H groups in total. The monoisotopic (exact) mass is 1100 g/mol. The SMILES string of the molecule is CC1(C)c2ccccc2-c2oc3c(ccc4c5cc(-c6cccc(-c7nc(-n8c9ccccc9c9ccc%10c%11c(oc%10c98)-c8ccccc8C%11(C)C)nc8c7ccc7ccccc78)c6)ccc5n(-c5nc(-c6ccccc6)c6ccccc6n5)c43)c21. The van der Waals surface area contributed by atoms with E-state index >= 15 is 0 Å². The third-order valence-corrected chi connectivity index (χ3v) is 19.1. The molecule has 0 aliphatic heterocycles. The summed E-state index contributed by atoms with van der Waals surface area (Å²) in [5.74, 6) is 3.01. The van der Waals surface area contributed by atoms with Gasteiger partial charge in [0.15, 0.2) is 11.2 Å². The zero-order valence-corrected chi connectivity index (χ0v) is 47.4. The van der Waals surface area contributed by atoms with Crippen LogP contribution in [-0.4, -0.2) is 29.1 Å². The summed E-state index contributed by atoms with van der Waals surface area (Å²) in [6.45, 7) is 9.24. The molecule has 11 aromatic carbocycles. The minimum Gasteiger partial charge on any atom is -0.453 e. The first kappa shape index (κ1) is 47.5. The molecule has 0 saturated carbocycles. The van der Waals surface area contributed by atoms with Gasteiger partial charge >= 0.3 is 0 Å². The second kappa shape index (κ2) is 16.9. The minimum absolute atomic E-state index is 0.255. The van der Waals surface area contributed by atoms with Crippen LogP contribution in [0.5, 0.6) is 0 Å². The smallest absolute Gasteiger partial charge is 0.235 e. The number of nitrogens with zero attached hydrogens (tertiary/aromatic N) is 6. The average molecular weight is 1100 g/mol. The Morgan fingerprint density at radius 3 is 1.56 bits per heavy atom. The van der Waals surface area contributed by atoms with Crippen molar-refractivity contribution in [2.75, 3.05) is 0 Å². The highest BCUT2D eigenvalue weighted by atomic mass is 16.3. The van der Waals surface area contributed by atoms with Crippen molar-refractivity contribution in [2.24, 2.45) is 0 Å². The Bertz CT molecular complexity index is 5850. The summed E-state index contributed by atoms with van der Waals surface area (Å²) in [5, 5.41) is 10.6. The third kappa shape index (κ3) is 6.26. The number of benzene rings is 11. The van der Waals surface area contributed by atoms with E-state index in [0.717, 1.165) is 154 Å². The fourth-order valence-corrected chi connectivity index (χ4v) is 15.2. The highest BCUT2D eigenvalue weighted by Crippen LogP contribution is 2.56. The molecule has 0 radical (unpaired) electrons. The van der Waals surface area contributed by atoms with Gasteiger partial charge in [-0.15, -0.1) is 0 Å². The van der Waals surface area contributed by atoms with E-state index < -0.39 is 0 Å². The third-order valence-electron chi connectivity index (χ3n) is 19.1. The number of hydrogen-bond acceptors (Lipinski definition) is 6. The summed E-state index contributed by atoms with van der Waals surface area (Å²) < 4.78 is 19.0. The summed E-state index contributed by atoms with van der Waals surface area (Å²) >= 11 is 0. The van der Waals surface area contributed by atoms with E-state index in [1.807, 2.05) is 6.07 Å². The molecule has 0 fully saturated rings. The molecule has 19 rings (SSSR count). The Hall–Kier alpha value is -11.0. The summed E-state index contributed by atoms with van der Waals surface area (Å²) in [4.78, 5) is 22.3. The Labute approximate surface area is 492 Å². The predicted molar refractivity (Wildman–Crippen MR) is 350 cm³/mol. The first-order chi connectivity index (χ1) is 42.2. The van der Waals surface area contributed by atoms with Crippen molar-refractivity contribution in [1.82, 2.24) is 29.1 Å². The van der Waals surface area contributed by atoms with E-state index in [1.54, 1.807) is 0 Å². The molecule has 0 saturated heterocycles. The zero-order chi connectivity index (χ0) is 56.9. The van der Waals surface area contributed by atoms with Crippen LogP contribution in [0.3, 0.4) is 0 Å². The molecule has 6 aromatic heterocycles. The van der Waals surface area contributed by atoms with E-state index in [9.17, 15) is 0 Å². The minimum atomic E-state index is -0.275. The van der Waals surface area contributed by atoms with Crippen LogP contribution in [-0.2, 0) is 10.8 Å². The number of fused-ring (bicyclic) bond motifs is 22. The summed E-state index contributed by atoms with van der Waals surface area (Å²) in [6, 6.07) is 82.3. The van der Waals surface area contributed by atoms with E-state index in [4.69, 9.17) is 28.8 Å². The highest BCUT2D eigenvalue weighted by molar-refractivity contribution is 6.21. The molecule has 8 nitrogen and oxygen atoms in total. The lowest BCUT2D eigenvalue weighted by Gasteiger charge is -2.20. The van der Waals surface area contributed by atoms with Crippen molar-refractivity contribution in [3.63, 3.8) is 0 Å². The summed E-state index contributed by atoms with van der Waals surface area (Å²) in [5.41, 5.74) is 19.8. The van der Waals surface area contributed by atoms with Gasteiger partial charge in [0, 0.05) is 92.7 Å². The van der Waals surface area contributed by atoms with Crippen molar-refractivity contribution in [1.29, 1.82) is 0 Å². The maximum Gasteiger partial charge on any atom is 0.235 e. The van der Waals surface area contributed by atoms with Gasteiger partial charge in [0.25, 0.3) is 0 Å². The number of hydrogen-bond donors (Lipinski definition) is 0. The van der Waals surface area contributed by atoms with Gasteiger partial charge in [-0.25, -0.2) is 19.9 Å². The normalized spacial score (nSPS) is 14.0. The first-order valence-corrected chi connectivity index (χ1v) is 29.5. The molecule has 0 unspecified atom stereocenters. The summed E-state index contributed by atoms with van der Waals surface area (Å²) in [7, 11) is 0. The molecule has 0 amide bonds. The molecule has 86 heavy (non-hydrogen) atoms. The molecule has 2 aliphatic rings. The van der Waals surface area contributed by atoms with Gasteiger partial charge in [0.2, 0.25) is 11.9 Å². The molecular formula is C78H50N6O2. The molecule has 404 valence electrons. The van der Waals surface area contributed by atoms with Gasteiger partial charge in [0.05, 0.1) is 33.5 Å². The molecule has 0 spiro atoms. The lowest BCUT2D eigenvalue weighted by atomic mass is 9.81. The number of furan rings is 2. The lowest BCUT2D eigenvalue weighted by molar-refractivity contribution is 0.620. The van der Waals surface area contributed by atoms with Crippen LogP contribution >= 0.6 is 0 Å². The Balaban J connectivity index is 0.838. The van der Waals surface area contributed by atoms with Gasteiger partial charge in [-0.3, -0.25) is 9.13 Å². The Morgan fingerprint density at radius 1 is 0.337 bits per heavy atom. The molecular weight excluding hydrogens is 1050 g/mol. The van der Waals surface area contributed by atoms with Gasteiger partial charge < -0.3 is 8.83 Å². The quantitative estimate of drug-likeness (QED) is 0.160. The molecule has 0 bridgehead atoms. The van der Waals surface area contributed by atoms with Crippen molar-refractivity contribution >= 4 is 98.1 Å². The highest BCUT2D eigenvalue weighted by Gasteiger charge is 2.42. The van der Waals surface area contributed by atoms with Crippen LogP contribution in [0.15, 0.2) is 239 Å². The lowest BCUT2D eigenvalue weighted by Crippen LogP contribution is -2.14. The largest absolute Gasteiger partial charge is 0.453 e. The maximum atomic E-state index is 7.27. The van der Waals surface area contributed by atoms with Gasteiger partial charge in [0.1, 0.15) is 22.6 Å². The van der Waals surface area contributed by atoms with Crippen molar-refractivity contribution in [2.45, 2.75) is 38.5 Å². The maximum absolute atomic E-state index is 7.27. The Kier molecular flexibility index (Phi) is 9.32. The number of rotatable bonds is 5. The molecule has 0 atom stereocenters. The van der Waals surface area contributed by atoms with Crippen LogP contribution in [0.25, 0.3) is 166 Å². The van der Waals surface area contributed by atoms with Crippen molar-refractivity contribution in [3.8, 4) is 68.2 Å². The van der Waals surface area contributed by atoms with Crippen LogP contribution in [0, 0.1) is 0 Å². The topological polar surface area (TPSA) is 87.7 Å². The van der Waals surface area contributed by atoms with Crippen LogP contribution in [0.2, 0.25) is 0 Å². The van der Waals surface area contributed by atoms with Crippen molar-refractivity contribution < 1.29 is 8.83 Å². The van der Waals surface area contributed by atoms with Gasteiger partial charge in [-0.1, -0.05) is 222 Å². The zero-order valence-electron chi connectivity index (χ0n) is 47.4. The number of para-hydroxylation sites is 2. The van der Waals surface area contributed by atoms with E-state index in [0.29, 0.717) is 11.9 Å². The van der Waals surface area contributed by atoms with Crippen LogP contribution in [0.4, 0.5) is 0 Å². The predicted octanol–water partition coefficient (Wildman–Crippen LogP) is 20.0. The van der Waals surface area contributed by atoms with Gasteiger partial charge in [-0.2, -0.15) is 0 Å².